The summed E-state index contributed by atoms with van der Waals surface area (Å²) in [5, 5.41) is 10.1. The van der Waals surface area contributed by atoms with E-state index in [1.54, 1.807) is 6.92 Å². The lowest BCUT2D eigenvalue weighted by Gasteiger charge is -2.19. The van der Waals surface area contributed by atoms with Crippen molar-refractivity contribution in [3.8, 4) is 5.75 Å². The topological polar surface area (TPSA) is 123 Å². The van der Waals surface area contributed by atoms with E-state index in [-0.39, 0.29) is 5.91 Å². The molecule has 0 saturated carbocycles. The van der Waals surface area contributed by atoms with Crippen molar-refractivity contribution in [3.05, 3.63) is 42.5 Å². The minimum Gasteiger partial charge on any atom is -0.494 e. The summed E-state index contributed by atoms with van der Waals surface area (Å²) >= 11 is 0. The Morgan fingerprint density at radius 3 is 1.83 bits per heavy atom. The summed E-state index contributed by atoms with van der Waals surface area (Å²) in [6.45, 7) is 5.32. The zero-order valence-corrected chi connectivity index (χ0v) is 25.0. The van der Waals surface area contributed by atoms with Gasteiger partial charge >= 0.3 is 5.97 Å². The molecule has 2 rings (SSSR count). The lowest BCUT2D eigenvalue weighted by Crippen LogP contribution is -2.53. The first-order valence-electron chi connectivity index (χ1n) is 14.8. The smallest absolute Gasteiger partial charge is 0.328 e. The number of benzene rings is 2. The second-order valence-electron chi connectivity index (χ2n) is 10.6. The van der Waals surface area contributed by atoms with Crippen molar-refractivity contribution in [3.63, 3.8) is 0 Å². The van der Waals surface area contributed by atoms with Gasteiger partial charge in [0, 0.05) is 6.42 Å². The fraction of sp³-hybridized carbons (Fsp3) is 0.562. The van der Waals surface area contributed by atoms with Gasteiger partial charge in [0.05, 0.1) is 13.7 Å². The van der Waals surface area contributed by atoms with E-state index in [0.717, 1.165) is 50.9 Å². The number of amides is 3. The monoisotopic (exact) mass is 569 g/mol. The molecule has 0 spiro atoms. The summed E-state index contributed by atoms with van der Waals surface area (Å²) in [5.41, 5.74) is 0. The van der Waals surface area contributed by atoms with Crippen LogP contribution in [-0.2, 0) is 23.9 Å². The third kappa shape index (κ3) is 13.1. The van der Waals surface area contributed by atoms with Gasteiger partial charge in [0.15, 0.2) is 0 Å². The van der Waals surface area contributed by atoms with Crippen LogP contribution < -0.4 is 20.7 Å². The predicted molar refractivity (Wildman–Crippen MR) is 160 cm³/mol. The Hall–Kier alpha value is -3.62. The minimum absolute atomic E-state index is 0.185. The number of carbonyl (C=O) groups excluding carboxylic acids is 4. The van der Waals surface area contributed by atoms with Crippen molar-refractivity contribution >= 4 is 34.5 Å². The molecule has 9 heteroatoms. The van der Waals surface area contributed by atoms with Crippen LogP contribution in [0.2, 0.25) is 0 Å². The molecular weight excluding hydrogens is 522 g/mol. The van der Waals surface area contributed by atoms with Crippen LogP contribution >= 0.6 is 0 Å². The van der Waals surface area contributed by atoms with Crippen LogP contribution in [0.4, 0.5) is 0 Å². The highest BCUT2D eigenvalue weighted by Gasteiger charge is 2.23. The van der Waals surface area contributed by atoms with Crippen molar-refractivity contribution in [2.45, 2.75) is 103 Å². The number of unbranched alkanes of at least 4 members (excludes halogenated alkanes) is 8. The largest absolute Gasteiger partial charge is 0.494 e. The predicted octanol–water partition coefficient (Wildman–Crippen LogP) is 4.81. The summed E-state index contributed by atoms with van der Waals surface area (Å²) in [5.74, 6) is -0.812. The standard InChI is InChI=1S/C32H47N3O6/c1-23(30(37)34-24(2)31(38)35-25(3)32(39)40-4)33-29(36)18-12-10-8-6-5-7-9-11-15-21-41-28-20-19-26-16-13-14-17-27(26)22-28/h13-14,16-17,19-20,22-25H,5-12,15,18,21H2,1-4H3,(H,33,36)(H,34,37)(H,35,38)/t23-,24-,25-/m0/s1. The Kier molecular flexibility index (Phi) is 15.3. The van der Waals surface area contributed by atoms with E-state index in [4.69, 9.17) is 4.74 Å². The molecule has 0 heterocycles. The molecule has 0 aromatic heterocycles. The Labute approximate surface area is 244 Å². The van der Waals surface area contributed by atoms with Gasteiger partial charge in [0.1, 0.15) is 23.9 Å². The van der Waals surface area contributed by atoms with Gasteiger partial charge in [-0.2, -0.15) is 0 Å². The van der Waals surface area contributed by atoms with E-state index in [9.17, 15) is 19.2 Å². The molecule has 0 radical (unpaired) electrons. The Morgan fingerprint density at radius 2 is 1.20 bits per heavy atom. The first-order chi connectivity index (χ1) is 19.7. The average molecular weight is 570 g/mol. The Morgan fingerprint density at radius 1 is 0.659 bits per heavy atom. The van der Waals surface area contributed by atoms with Gasteiger partial charge in [-0.25, -0.2) is 4.79 Å². The Balaban J connectivity index is 1.44. The minimum atomic E-state index is -0.863. The summed E-state index contributed by atoms with van der Waals surface area (Å²) in [7, 11) is 1.23. The summed E-state index contributed by atoms with van der Waals surface area (Å²) in [6.07, 6.45) is 10.2. The number of methoxy groups -OCH3 is 1. The van der Waals surface area contributed by atoms with E-state index in [1.165, 1.54) is 51.0 Å². The maximum atomic E-state index is 12.3. The summed E-state index contributed by atoms with van der Waals surface area (Å²) in [6, 6.07) is 12.1. The van der Waals surface area contributed by atoms with Crippen molar-refractivity contribution in [1.29, 1.82) is 0 Å². The van der Waals surface area contributed by atoms with Crippen molar-refractivity contribution in [2.75, 3.05) is 13.7 Å². The first-order valence-corrected chi connectivity index (χ1v) is 14.8. The van der Waals surface area contributed by atoms with E-state index in [1.807, 2.05) is 18.2 Å². The number of ether oxygens (including phenoxy) is 2. The molecule has 0 bridgehead atoms. The number of rotatable bonds is 19. The highest BCUT2D eigenvalue weighted by molar-refractivity contribution is 5.93. The number of fused-ring (bicyclic) bond motifs is 1. The number of carbonyl (C=O) groups is 4. The van der Waals surface area contributed by atoms with Gasteiger partial charge in [-0.3, -0.25) is 14.4 Å². The second kappa shape index (κ2) is 18.7. The molecule has 2 aromatic rings. The van der Waals surface area contributed by atoms with E-state index < -0.39 is 35.9 Å². The van der Waals surface area contributed by atoms with E-state index in [2.05, 4.69) is 45.0 Å². The fourth-order valence-electron chi connectivity index (χ4n) is 4.43. The zero-order valence-electron chi connectivity index (χ0n) is 25.0. The molecule has 0 unspecified atom stereocenters. The van der Waals surface area contributed by atoms with Crippen LogP contribution in [-0.4, -0.2) is 55.5 Å². The number of hydrogen-bond donors (Lipinski definition) is 3. The van der Waals surface area contributed by atoms with Gasteiger partial charge in [-0.05, 0) is 56.5 Å². The normalized spacial score (nSPS) is 13.1. The van der Waals surface area contributed by atoms with Gasteiger partial charge in [0.25, 0.3) is 0 Å². The summed E-state index contributed by atoms with van der Waals surface area (Å²) in [4.78, 5) is 48.1. The lowest BCUT2D eigenvalue weighted by molar-refractivity contribution is -0.144. The highest BCUT2D eigenvalue weighted by Crippen LogP contribution is 2.21. The summed E-state index contributed by atoms with van der Waals surface area (Å²) < 4.78 is 10.5. The van der Waals surface area contributed by atoms with Gasteiger partial charge in [-0.1, -0.05) is 75.3 Å². The molecule has 0 aliphatic heterocycles. The molecule has 226 valence electrons. The molecule has 0 aliphatic carbocycles. The van der Waals surface area contributed by atoms with E-state index >= 15 is 0 Å². The molecule has 3 amide bonds. The van der Waals surface area contributed by atoms with Crippen LogP contribution in [0.25, 0.3) is 10.8 Å². The number of nitrogens with one attached hydrogen (secondary N) is 3. The lowest BCUT2D eigenvalue weighted by atomic mass is 10.1. The van der Waals surface area contributed by atoms with Crippen LogP contribution in [0.5, 0.6) is 5.75 Å². The molecule has 0 fully saturated rings. The van der Waals surface area contributed by atoms with Crippen LogP contribution in [0.15, 0.2) is 42.5 Å². The molecular formula is C32H47N3O6. The molecule has 3 atom stereocenters. The van der Waals surface area contributed by atoms with E-state index in [0.29, 0.717) is 6.42 Å². The maximum Gasteiger partial charge on any atom is 0.328 e. The van der Waals surface area contributed by atoms with Crippen LogP contribution in [0, 0.1) is 0 Å². The quantitative estimate of drug-likeness (QED) is 0.165. The molecule has 41 heavy (non-hydrogen) atoms. The van der Waals surface area contributed by atoms with Crippen molar-refractivity contribution in [2.24, 2.45) is 0 Å². The molecule has 3 N–H and O–H groups in total. The highest BCUT2D eigenvalue weighted by atomic mass is 16.5. The third-order valence-electron chi connectivity index (χ3n) is 6.97. The molecule has 9 nitrogen and oxygen atoms in total. The second-order valence-corrected chi connectivity index (χ2v) is 10.6. The zero-order chi connectivity index (χ0) is 30.0. The SMILES string of the molecule is COC(=O)[C@H](C)NC(=O)[C@H](C)NC(=O)[C@H](C)NC(=O)CCCCCCCCCCCOc1ccc2ccccc2c1. The fourth-order valence-corrected chi connectivity index (χ4v) is 4.43. The molecule has 0 saturated heterocycles. The third-order valence-corrected chi connectivity index (χ3v) is 6.97. The maximum absolute atomic E-state index is 12.3. The van der Waals surface area contributed by atoms with Crippen LogP contribution in [0.1, 0.15) is 85.0 Å². The van der Waals surface area contributed by atoms with Gasteiger partial charge in [-0.15, -0.1) is 0 Å². The van der Waals surface area contributed by atoms with Crippen LogP contribution in [0.3, 0.4) is 0 Å². The van der Waals surface area contributed by atoms with Crippen molar-refractivity contribution in [1.82, 2.24) is 16.0 Å². The molecule has 2 aromatic carbocycles. The van der Waals surface area contributed by atoms with Gasteiger partial charge in [0.2, 0.25) is 17.7 Å². The van der Waals surface area contributed by atoms with Crippen molar-refractivity contribution < 1.29 is 28.7 Å². The first kappa shape index (κ1) is 33.6. The van der Waals surface area contributed by atoms with Gasteiger partial charge < -0.3 is 25.4 Å². The average Bonchev–Trinajstić information content (AvgIpc) is 2.96. The number of esters is 1. The molecule has 0 aliphatic rings. The Bertz CT molecular complexity index is 1120. The number of hydrogen-bond acceptors (Lipinski definition) is 6.